The summed E-state index contributed by atoms with van der Waals surface area (Å²) in [6.07, 6.45) is 4.39. The van der Waals surface area contributed by atoms with Gasteiger partial charge in [-0.05, 0) is 49.3 Å². The second-order valence-electron chi connectivity index (χ2n) is 7.99. The third-order valence-corrected chi connectivity index (χ3v) is 7.62. The third-order valence-electron chi connectivity index (χ3n) is 6.80. The second-order valence-corrected chi connectivity index (χ2v) is 8.79. The highest BCUT2D eigenvalue weighted by atomic mass is 35.5. The molecule has 8 heteroatoms. The van der Waals surface area contributed by atoms with Crippen LogP contribution in [-0.2, 0) is 4.79 Å². The number of benzene rings is 1. The summed E-state index contributed by atoms with van der Waals surface area (Å²) >= 11 is 1.57. The number of hydrogen-bond acceptors (Lipinski definition) is 5. The molecule has 0 unspecified atom stereocenters. The number of carbonyl (C=O) groups excluding carboxylic acids is 1. The molecular formula is C20H28Cl2N4OS. The summed E-state index contributed by atoms with van der Waals surface area (Å²) < 4.78 is 5.92. The Morgan fingerprint density at radius 3 is 2.61 bits per heavy atom. The molecule has 3 atom stereocenters. The number of carbonyl (C=O) groups is 1. The largest absolute Gasteiger partial charge is 0.352 e. The van der Waals surface area contributed by atoms with Crippen molar-refractivity contribution >= 4 is 58.2 Å². The molecule has 4 heterocycles. The lowest BCUT2D eigenvalue weighted by molar-refractivity contribution is -0.144. The number of fused-ring (bicyclic) bond motifs is 3. The molecule has 0 aliphatic carbocycles. The highest BCUT2D eigenvalue weighted by molar-refractivity contribution is 7.13. The third kappa shape index (κ3) is 3.28. The van der Waals surface area contributed by atoms with Crippen LogP contribution in [0.5, 0.6) is 0 Å². The summed E-state index contributed by atoms with van der Waals surface area (Å²) in [6, 6.07) is 9.38. The molecule has 5 rings (SSSR count). The van der Waals surface area contributed by atoms with Crippen molar-refractivity contribution in [2.45, 2.75) is 44.7 Å². The minimum Gasteiger partial charge on any atom is -0.352 e. The predicted octanol–water partition coefficient (Wildman–Crippen LogP) is 3.71. The maximum Gasteiger partial charge on any atom is 0.230 e. The summed E-state index contributed by atoms with van der Waals surface area (Å²) in [5.74, 6) is 1.48. The van der Waals surface area contributed by atoms with Gasteiger partial charge in [0.2, 0.25) is 5.91 Å². The van der Waals surface area contributed by atoms with E-state index in [1.54, 1.807) is 11.5 Å². The van der Waals surface area contributed by atoms with Gasteiger partial charge in [0.05, 0.1) is 10.1 Å². The topological polar surface area (TPSA) is 48.5 Å². The Morgan fingerprint density at radius 1 is 1.21 bits per heavy atom. The summed E-state index contributed by atoms with van der Waals surface area (Å²) in [5.41, 5.74) is -0.154. The molecule has 1 amide bonds. The zero-order valence-corrected chi connectivity index (χ0v) is 18.5. The lowest BCUT2D eigenvalue weighted by Gasteiger charge is -2.42. The molecule has 28 heavy (non-hydrogen) atoms. The van der Waals surface area contributed by atoms with Crippen molar-refractivity contribution in [2.24, 2.45) is 5.41 Å². The molecule has 0 spiro atoms. The number of aromatic nitrogens is 1. The van der Waals surface area contributed by atoms with Crippen LogP contribution in [0.3, 0.4) is 0 Å². The van der Waals surface area contributed by atoms with Crippen LogP contribution in [0.1, 0.15) is 32.6 Å². The Balaban J connectivity index is 0.00000112. The number of rotatable bonds is 3. The zero-order valence-electron chi connectivity index (χ0n) is 16.1. The van der Waals surface area contributed by atoms with Crippen molar-refractivity contribution in [1.29, 1.82) is 0 Å². The van der Waals surface area contributed by atoms with Crippen LogP contribution in [0.15, 0.2) is 24.3 Å². The van der Waals surface area contributed by atoms with Crippen LogP contribution in [0.4, 0.5) is 5.82 Å². The standard InChI is InChI=1S/C20H26N4OS.2ClH/c1-2-20(13-14-7-8-17(20)21-14)19(25)24-11-9-23(10-12-24)18-15-5-3-4-6-16(15)26-22-18;;/h3-6,14,17,21H,2,7-13H2,1H3;2*1H/t14-,17+,20+;;/m0../s1. The van der Waals surface area contributed by atoms with Gasteiger partial charge in [-0.15, -0.1) is 24.8 Å². The van der Waals surface area contributed by atoms with E-state index in [1.807, 2.05) is 0 Å². The average Bonchev–Trinajstić information content (AvgIpc) is 3.42. The summed E-state index contributed by atoms with van der Waals surface area (Å²) in [4.78, 5) is 17.9. The quantitative estimate of drug-likeness (QED) is 0.786. The molecule has 3 aliphatic rings. The van der Waals surface area contributed by atoms with E-state index in [2.05, 4.69) is 50.7 Å². The first-order valence-corrected chi connectivity index (χ1v) is 10.6. The highest BCUT2D eigenvalue weighted by Gasteiger charge is 2.55. The Hall–Kier alpha value is -1.08. The van der Waals surface area contributed by atoms with E-state index in [0.29, 0.717) is 18.0 Å². The van der Waals surface area contributed by atoms with Crippen molar-refractivity contribution in [2.75, 3.05) is 31.1 Å². The zero-order chi connectivity index (χ0) is 17.7. The average molecular weight is 443 g/mol. The Bertz CT molecular complexity index is 838. The first-order chi connectivity index (χ1) is 12.7. The first-order valence-electron chi connectivity index (χ1n) is 9.86. The molecule has 1 aromatic heterocycles. The molecule has 1 aromatic carbocycles. The number of piperazine rings is 1. The Kier molecular flexibility index (Phi) is 6.44. The van der Waals surface area contributed by atoms with Gasteiger partial charge in [0.1, 0.15) is 5.82 Å². The first kappa shape index (κ1) is 21.6. The molecule has 0 saturated carbocycles. The smallest absolute Gasteiger partial charge is 0.230 e. The van der Waals surface area contributed by atoms with E-state index in [-0.39, 0.29) is 30.2 Å². The van der Waals surface area contributed by atoms with Gasteiger partial charge in [0.15, 0.2) is 0 Å². The lowest BCUT2D eigenvalue weighted by atomic mass is 9.70. The molecule has 154 valence electrons. The van der Waals surface area contributed by atoms with Crippen LogP contribution in [0, 0.1) is 5.41 Å². The number of nitrogens with zero attached hydrogens (tertiary/aromatic N) is 3. The fourth-order valence-electron chi connectivity index (χ4n) is 5.31. The fourth-order valence-corrected chi connectivity index (χ4v) is 6.11. The summed E-state index contributed by atoms with van der Waals surface area (Å²) in [7, 11) is 0. The summed E-state index contributed by atoms with van der Waals surface area (Å²) in [6.45, 7) is 5.56. The van der Waals surface area contributed by atoms with E-state index in [4.69, 9.17) is 0 Å². The Morgan fingerprint density at radius 2 is 1.96 bits per heavy atom. The van der Waals surface area contributed by atoms with Crippen LogP contribution in [0.2, 0.25) is 0 Å². The van der Waals surface area contributed by atoms with Crippen LogP contribution < -0.4 is 10.2 Å². The normalized spacial score (nSPS) is 28.9. The van der Waals surface area contributed by atoms with Gasteiger partial charge in [0.25, 0.3) is 0 Å². The van der Waals surface area contributed by atoms with E-state index in [9.17, 15) is 4.79 Å². The van der Waals surface area contributed by atoms with E-state index in [0.717, 1.165) is 51.3 Å². The molecular weight excluding hydrogens is 415 g/mol. The van der Waals surface area contributed by atoms with Gasteiger partial charge in [-0.25, -0.2) is 0 Å². The molecule has 0 radical (unpaired) electrons. The van der Waals surface area contributed by atoms with Gasteiger partial charge in [-0.3, -0.25) is 4.79 Å². The molecule has 2 bridgehead atoms. The minimum atomic E-state index is -0.154. The maximum absolute atomic E-state index is 13.4. The number of amides is 1. The van der Waals surface area contributed by atoms with Gasteiger partial charge >= 0.3 is 0 Å². The Labute approximate surface area is 182 Å². The number of halogens is 2. The maximum atomic E-state index is 13.4. The monoisotopic (exact) mass is 442 g/mol. The minimum absolute atomic E-state index is 0. The van der Waals surface area contributed by atoms with Crippen molar-refractivity contribution in [3.8, 4) is 0 Å². The predicted molar refractivity (Wildman–Crippen MR) is 120 cm³/mol. The van der Waals surface area contributed by atoms with Crippen LogP contribution >= 0.6 is 36.3 Å². The number of nitrogens with one attached hydrogen (secondary N) is 1. The van der Waals surface area contributed by atoms with E-state index in [1.165, 1.54) is 16.5 Å². The highest BCUT2D eigenvalue weighted by Crippen LogP contribution is 2.47. The van der Waals surface area contributed by atoms with Crippen molar-refractivity contribution in [3.63, 3.8) is 0 Å². The molecule has 5 nitrogen and oxygen atoms in total. The molecule has 3 fully saturated rings. The van der Waals surface area contributed by atoms with E-state index >= 15 is 0 Å². The van der Waals surface area contributed by atoms with Gasteiger partial charge in [-0.1, -0.05) is 19.1 Å². The van der Waals surface area contributed by atoms with E-state index < -0.39 is 0 Å². The molecule has 1 N–H and O–H groups in total. The van der Waals surface area contributed by atoms with Gasteiger partial charge < -0.3 is 15.1 Å². The second kappa shape index (κ2) is 8.34. The molecule has 2 aromatic rings. The molecule has 3 aliphatic heterocycles. The van der Waals surface area contributed by atoms with Gasteiger partial charge in [-0.2, -0.15) is 4.37 Å². The number of anilines is 1. The van der Waals surface area contributed by atoms with Crippen LogP contribution in [0.25, 0.3) is 10.1 Å². The van der Waals surface area contributed by atoms with Crippen molar-refractivity contribution < 1.29 is 4.79 Å². The fraction of sp³-hybridized carbons (Fsp3) is 0.600. The van der Waals surface area contributed by atoms with Crippen molar-refractivity contribution in [1.82, 2.24) is 14.6 Å². The lowest BCUT2D eigenvalue weighted by Crippen LogP contribution is -2.56. The molecule has 3 saturated heterocycles. The van der Waals surface area contributed by atoms with Crippen molar-refractivity contribution in [3.05, 3.63) is 24.3 Å². The number of hydrogen-bond donors (Lipinski definition) is 1. The SMILES string of the molecule is CC[C@@]1(C(=O)N2CCN(c3nsc4ccccc34)CC2)C[C@@H]2CC[C@H]1N2.Cl.Cl. The van der Waals surface area contributed by atoms with Crippen LogP contribution in [-0.4, -0.2) is 53.4 Å². The summed E-state index contributed by atoms with van der Waals surface area (Å²) in [5, 5.41) is 4.91. The van der Waals surface area contributed by atoms with Gasteiger partial charge in [0, 0.05) is 43.6 Å².